The summed E-state index contributed by atoms with van der Waals surface area (Å²) < 4.78 is 2.49. The standard InChI is InChI=1S/C57H47N3/c1-55(2)43-20-10-14-24-49(43)59(50-25-15-11-21-44(50)55)37-28-30-39-41-35-54-42(34-48(41)57(5,6)47(39)32-37)40-31-29-38(33-53(40)58(54)36-18-8-7-9-19-36)60-51-26-16-12-22-45(51)56(3,4)46-23-13-17-27-52(46)60/h7-35H,1-6H3. The fourth-order valence-electron chi connectivity index (χ4n) is 11.2. The maximum absolute atomic E-state index is 2.51. The predicted octanol–water partition coefficient (Wildman–Crippen LogP) is 15.3. The molecule has 60 heavy (non-hydrogen) atoms. The summed E-state index contributed by atoms with van der Waals surface area (Å²) in [4.78, 5) is 4.96. The number of anilines is 6. The number of nitrogens with zero attached hydrogens (tertiary/aromatic N) is 3. The molecule has 0 radical (unpaired) electrons. The van der Waals surface area contributed by atoms with Gasteiger partial charge in [-0.15, -0.1) is 0 Å². The molecule has 12 rings (SSSR count). The molecule has 0 saturated heterocycles. The Morgan fingerprint density at radius 1 is 0.300 bits per heavy atom. The first-order valence-electron chi connectivity index (χ1n) is 21.4. The van der Waals surface area contributed by atoms with Crippen molar-refractivity contribution in [2.24, 2.45) is 0 Å². The molecular weight excluding hydrogens is 727 g/mol. The van der Waals surface area contributed by atoms with Crippen LogP contribution in [0.3, 0.4) is 0 Å². The zero-order valence-electron chi connectivity index (χ0n) is 35.1. The SMILES string of the molecule is CC1(C)c2cc(N3c4ccccc4C(C)(C)c4ccccc43)ccc2-c2cc3c(cc21)c1ccc(N2c4ccccc4C(C)(C)c4ccccc42)cc1n3-c1ccccc1. The minimum absolute atomic E-state index is 0.0994. The third-order valence-corrected chi connectivity index (χ3v) is 14.3. The number of para-hydroxylation sites is 5. The molecule has 3 aliphatic rings. The van der Waals surface area contributed by atoms with E-state index in [1.807, 2.05) is 0 Å². The van der Waals surface area contributed by atoms with Gasteiger partial charge in [-0.05, 0) is 117 Å². The van der Waals surface area contributed by atoms with Crippen LogP contribution in [0.15, 0.2) is 176 Å². The molecule has 3 nitrogen and oxygen atoms in total. The van der Waals surface area contributed by atoms with E-state index in [0.29, 0.717) is 0 Å². The molecule has 0 unspecified atom stereocenters. The maximum atomic E-state index is 2.51. The Bertz CT molecular complexity index is 3150. The number of hydrogen-bond donors (Lipinski definition) is 0. The summed E-state index contributed by atoms with van der Waals surface area (Å²) >= 11 is 0. The number of benzene rings is 8. The van der Waals surface area contributed by atoms with Gasteiger partial charge in [0.25, 0.3) is 0 Å². The van der Waals surface area contributed by atoms with Gasteiger partial charge in [-0.2, -0.15) is 0 Å². The predicted molar refractivity (Wildman–Crippen MR) is 252 cm³/mol. The average Bonchev–Trinajstić information content (AvgIpc) is 3.70. The molecule has 1 aliphatic carbocycles. The van der Waals surface area contributed by atoms with E-state index < -0.39 is 0 Å². The number of rotatable bonds is 3. The summed E-state index contributed by atoms with van der Waals surface area (Å²) in [5.41, 5.74) is 21.3. The molecule has 0 N–H and O–H groups in total. The van der Waals surface area contributed by atoms with E-state index in [-0.39, 0.29) is 16.2 Å². The minimum Gasteiger partial charge on any atom is -0.310 e. The topological polar surface area (TPSA) is 11.4 Å². The number of aromatic nitrogens is 1. The normalized spacial score (nSPS) is 16.2. The molecule has 3 heterocycles. The molecule has 1 aromatic heterocycles. The highest BCUT2D eigenvalue weighted by atomic mass is 15.2. The Morgan fingerprint density at radius 3 is 1.25 bits per heavy atom. The summed E-state index contributed by atoms with van der Waals surface area (Å²) in [6.07, 6.45) is 0. The molecule has 0 bridgehead atoms. The van der Waals surface area contributed by atoms with Gasteiger partial charge in [0.15, 0.2) is 0 Å². The van der Waals surface area contributed by atoms with E-state index in [0.717, 1.165) is 11.4 Å². The first kappa shape index (κ1) is 35.1. The first-order valence-corrected chi connectivity index (χ1v) is 21.4. The Balaban J connectivity index is 1.06. The fourth-order valence-corrected chi connectivity index (χ4v) is 11.2. The average molecular weight is 774 g/mol. The summed E-state index contributed by atoms with van der Waals surface area (Å²) in [7, 11) is 0. The van der Waals surface area contributed by atoms with E-state index >= 15 is 0 Å². The van der Waals surface area contributed by atoms with Gasteiger partial charge in [-0.3, -0.25) is 0 Å². The second kappa shape index (κ2) is 12.1. The summed E-state index contributed by atoms with van der Waals surface area (Å²) in [5, 5.41) is 2.54. The second-order valence-electron chi connectivity index (χ2n) is 18.6. The van der Waals surface area contributed by atoms with Gasteiger partial charge in [0.2, 0.25) is 0 Å². The zero-order chi connectivity index (χ0) is 40.7. The van der Waals surface area contributed by atoms with Crippen molar-refractivity contribution in [1.82, 2.24) is 4.57 Å². The second-order valence-corrected chi connectivity index (χ2v) is 18.6. The van der Waals surface area contributed by atoms with Gasteiger partial charge in [0.05, 0.1) is 33.8 Å². The van der Waals surface area contributed by atoms with Gasteiger partial charge in [0, 0.05) is 44.1 Å². The van der Waals surface area contributed by atoms with Crippen molar-refractivity contribution in [2.45, 2.75) is 57.8 Å². The van der Waals surface area contributed by atoms with Crippen molar-refractivity contribution < 1.29 is 0 Å². The highest BCUT2D eigenvalue weighted by molar-refractivity contribution is 6.12. The molecule has 0 spiro atoms. The van der Waals surface area contributed by atoms with Crippen LogP contribution < -0.4 is 9.80 Å². The quantitative estimate of drug-likeness (QED) is 0.177. The van der Waals surface area contributed by atoms with Gasteiger partial charge >= 0.3 is 0 Å². The molecule has 8 aromatic carbocycles. The van der Waals surface area contributed by atoms with Crippen molar-refractivity contribution in [2.75, 3.05) is 9.80 Å². The fraction of sp³-hybridized carbons (Fsp3) is 0.158. The molecule has 0 amide bonds. The molecule has 2 aliphatic heterocycles. The van der Waals surface area contributed by atoms with Crippen molar-refractivity contribution in [3.63, 3.8) is 0 Å². The molecule has 9 aromatic rings. The van der Waals surface area contributed by atoms with Crippen LogP contribution in [0, 0.1) is 0 Å². The highest BCUT2D eigenvalue weighted by Crippen LogP contribution is 2.57. The molecule has 0 saturated carbocycles. The van der Waals surface area contributed by atoms with Crippen LogP contribution >= 0.6 is 0 Å². The van der Waals surface area contributed by atoms with E-state index in [2.05, 4.69) is 232 Å². The number of hydrogen-bond acceptors (Lipinski definition) is 2. The Kier molecular flexibility index (Phi) is 7.09. The van der Waals surface area contributed by atoms with Crippen LogP contribution in [0.25, 0.3) is 38.6 Å². The lowest BCUT2D eigenvalue weighted by atomic mass is 9.73. The van der Waals surface area contributed by atoms with Crippen LogP contribution in [0.4, 0.5) is 34.1 Å². The molecular formula is C57H47N3. The van der Waals surface area contributed by atoms with Crippen molar-refractivity contribution in [1.29, 1.82) is 0 Å². The summed E-state index contributed by atoms with van der Waals surface area (Å²) in [5.74, 6) is 0. The highest BCUT2D eigenvalue weighted by Gasteiger charge is 2.41. The Morgan fingerprint density at radius 2 is 0.717 bits per heavy atom. The summed E-state index contributed by atoms with van der Waals surface area (Å²) in [6, 6.07) is 65.9. The molecule has 290 valence electrons. The smallest absolute Gasteiger partial charge is 0.0561 e. The van der Waals surface area contributed by atoms with Gasteiger partial charge in [-0.25, -0.2) is 0 Å². The van der Waals surface area contributed by atoms with Crippen LogP contribution in [-0.4, -0.2) is 4.57 Å². The first-order chi connectivity index (χ1) is 29.0. The van der Waals surface area contributed by atoms with Crippen molar-refractivity contribution in [3.05, 3.63) is 209 Å². The number of fused-ring (bicyclic) bond motifs is 10. The van der Waals surface area contributed by atoms with Gasteiger partial charge < -0.3 is 14.4 Å². The maximum Gasteiger partial charge on any atom is 0.0561 e. The third kappa shape index (κ3) is 4.61. The van der Waals surface area contributed by atoms with E-state index in [1.54, 1.807) is 0 Å². The summed E-state index contributed by atoms with van der Waals surface area (Å²) in [6.45, 7) is 14.2. The lowest BCUT2D eigenvalue weighted by molar-refractivity contribution is 0.631. The van der Waals surface area contributed by atoms with E-state index in [1.165, 1.54) is 94.8 Å². The minimum atomic E-state index is -0.210. The lowest BCUT2D eigenvalue weighted by Crippen LogP contribution is -2.30. The van der Waals surface area contributed by atoms with Crippen LogP contribution in [0.2, 0.25) is 0 Å². The lowest BCUT2D eigenvalue weighted by Gasteiger charge is -2.42. The van der Waals surface area contributed by atoms with Crippen molar-refractivity contribution in [3.8, 4) is 16.8 Å². The Hall–Kier alpha value is -6.84. The van der Waals surface area contributed by atoms with Crippen molar-refractivity contribution >= 4 is 55.9 Å². The largest absolute Gasteiger partial charge is 0.310 e. The zero-order valence-corrected chi connectivity index (χ0v) is 35.1. The van der Waals surface area contributed by atoms with Gasteiger partial charge in [0.1, 0.15) is 0 Å². The Labute approximate surface area is 352 Å². The third-order valence-electron chi connectivity index (χ3n) is 14.3. The molecule has 0 fully saturated rings. The van der Waals surface area contributed by atoms with Crippen LogP contribution in [0.5, 0.6) is 0 Å². The van der Waals surface area contributed by atoms with Crippen LogP contribution in [0.1, 0.15) is 74.9 Å². The molecule has 0 atom stereocenters. The monoisotopic (exact) mass is 773 g/mol. The van der Waals surface area contributed by atoms with Crippen LogP contribution in [-0.2, 0) is 16.2 Å². The van der Waals surface area contributed by atoms with E-state index in [9.17, 15) is 0 Å². The molecule has 3 heteroatoms. The van der Waals surface area contributed by atoms with E-state index in [4.69, 9.17) is 0 Å². The van der Waals surface area contributed by atoms with Gasteiger partial charge in [-0.1, -0.05) is 145 Å².